The van der Waals surface area contributed by atoms with Gasteiger partial charge in [-0.15, -0.1) is 0 Å². The molecule has 4 heteroatoms. The molecule has 0 spiro atoms. The topological polar surface area (TPSA) is 23.4 Å². The monoisotopic (exact) mass is 519 g/mol. The minimum atomic E-state index is -0.450. The van der Waals surface area contributed by atoms with Crippen LogP contribution in [0.1, 0.15) is 27.7 Å². The molecule has 0 unspecified atom stereocenters. The van der Waals surface area contributed by atoms with Crippen molar-refractivity contribution in [3.63, 3.8) is 0 Å². The van der Waals surface area contributed by atoms with Crippen LogP contribution in [0.25, 0.3) is 59.8 Å². The van der Waals surface area contributed by atoms with E-state index < -0.39 is 18.3 Å². The van der Waals surface area contributed by atoms with Crippen LogP contribution in [0.5, 0.6) is 0 Å². The maximum Gasteiger partial charge on any atom is 0.495 e. The number of hydrogen-bond acceptors (Lipinski definition) is 2. The van der Waals surface area contributed by atoms with E-state index in [4.69, 9.17) is 9.31 Å². The molecule has 40 heavy (non-hydrogen) atoms. The molecule has 194 valence electrons. The molecule has 0 atom stereocenters. The van der Waals surface area contributed by atoms with Gasteiger partial charge in [0.1, 0.15) is 0 Å². The summed E-state index contributed by atoms with van der Waals surface area (Å²) >= 11 is 0. The van der Waals surface area contributed by atoms with Crippen molar-refractivity contribution < 1.29 is 9.31 Å². The zero-order valence-corrected chi connectivity index (χ0v) is 23.2. The molecule has 1 aliphatic rings. The molecule has 6 aromatic carbocycles. The molecule has 0 bridgehead atoms. The Balaban J connectivity index is 1.62. The first-order valence-electron chi connectivity index (χ1n) is 14.1. The van der Waals surface area contributed by atoms with Crippen molar-refractivity contribution >= 4 is 66.7 Å². The lowest BCUT2D eigenvalue weighted by molar-refractivity contribution is 0.00578. The van der Waals surface area contributed by atoms with E-state index in [-0.39, 0.29) is 0 Å². The molecule has 0 radical (unpaired) electrons. The molecule has 0 saturated carbocycles. The van der Waals surface area contributed by atoms with Crippen LogP contribution in [0.15, 0.2) is 109 Å². The van der Waals surface area contributed by atoms with Gasteiger partial charge in [-0.05, 0) is 78.3 Å². The first-order valence-corrected chi connectivity index (χ1v) is 14.1. The molecule has 1 aromatic heterocycles. The van der Waals surface area contributed by atoms with Crippen LogP contribution in [-0.4, -0.2) is 22.9 Å². The fourth-order valence-corrected chi connectivity index (χ4v) is 6.57. The van der Waals surface area contributed by atoms with Gasteiger partial charge in [-0.1, -0.05) is 91.0 Å². The minimum Gasteiger partial charge on any atom is -0.399 e. The summed E-state index contributed by atoms with van der Waals surface area (Å²) < 4.78 is 15.7. The third-order valence-corrected chi connectivity index (χ3v) is 9.20. The Morgan fingerprint density at radius 2 is 1.02 bits per heavy atom. The van der Waals surface area contributed by atoms with Crippen molar-refractivity contribution in [1.82, 2.24) is 4.57 Å². The van der Waals surface area contributed by atoms with Crippen LogP contribution in [0.4, 0.5) is 0 Å². The molecule has 2 heterocycles. The fourth-order valence-electron chi connectivity index (χ4n) is 6.57. The Bertz CT molecular complexity index is 2110. The SMILES string of the molecule is CC1(C)OB(c2cc3c4ccccc4c4c5ccccc5n(-c5ccccc5)c4c3c3ccccc23)OC1(C)C. The maximum atomic E-state index is 6.62. The summed E-state index contributed by atoms with van der Waals surface area (Å²) in [5.74, 6) is 0. The lowest BCUT2D eigenvalue weighted by Crippen LogP contribution is -2.41. The summed E-state index contributed by atoms with van der Waals surface area (Å²) in [4.78, 5) is 0. The number of fused-ring (bicyclic) bond motifs is 10. The van der Waals surface area contributed by atoms with Crippen molar-refractivity contribution in [2.24, 2.45) is 0 Å². The van der Waals surface area contributed by atoms with Crippen molar-refractivity contribution in [3.8, 4) is 5.69 Å². The van der Waals surface area contributed by atoms with Crippen LogP contribution in [0.3, 0.4) is 0 Å². The normalized spacial score (nSPS) is 16.6. The molecule has 1 fully saturated rings. The van der Waals surface area contributed by atoms with Crippen LogP contribution in [0.2, 0.25) is 0 Å². The Labute approximate surface area is 234 Å². The van der Waals surface area contributed by atoms with E-state index in [2.05, 4.69) is 141 Å². The van der Waals surface area contributed by atoms with Crippen molar-refractivity contribution in [2.75, 3.05) is 0 Å². The van der Waals surface area contributed by atoms with E-state index in [9.17, 15) is 0 Å². The van der Waals surface area contributed by atoms with E-state index >= 15 is 0 Å². The molecule has 3 nitrogen and oxygen atoms in total. The van der Waals surface area contributed by atoms with Gasteiger partial charge in [0, 0.05) is 21.8 Å². The average molecular weight is 519 g/mol. The molecule has 1 saturated heterocycles. The van der Waals surface area contributed by atoms with Crippen molar-refractivity contribution in [2.45, 2.75) is 38.9 Å². The number of aromatic nitrogens is 1. The molecular weight excluding hydrogens is 489 g/mol. The molecule has 7 aromatic rings. The maximum absolute atomic E-state index is 6.62. The lowest BCUT2D eigenvalue weighted by Gasteiger charge is -2.32. The Hall–Kier alpha value is -4.12. The highest BCUT2D eigenvalue weighted by molar-refractivity contribution is 6.66. The van der Waals surface area contributed by atoms with Gasteiger partial charge in [0.05, 0.1) is 22.2 Å². The standard InChI is InChI=1S/C36H30BNO2/c1-35(2)36(3,4)40-37(39-35)30-22-29-24-16-8-10-18-26(24)32-28-20-12-13-21-31(28)38(23-14-6-5-7-15-23)34(32)33(29)27-19-11-9-17-25(27)30/h5-22H,1-4H3. The molecule has 0 aliphatic carbocycles. The predicted octanol–water partition coefficient (Wildman–Crippen LogP) is 8.54. The summed E-state index contributed by atoms with van der Waals surface area (Å²) in [5.41, 5.74) is 3.84. The van der Waals surface area contributed by atoms with Gasteiger partial charge in [-0.25, -0.2) is 0 Å². The number of benzene rings is 6. The Morgan fingerprint density at radius 1 is 0.525 bits per heavy atom. The number of nitrogens with zero attached hydrogens (tertiary/aromatic N) is 1. The second-order valence-corrected chi connectivity index (χ2v) is 12.0. The molecule has 0 amide bonds. The summed E-state index contributed by atoms with van der Waals surface area (Å²) in [5, 5.41) is 9.89. The third kappa shape index (κ3) is 3.15. The second kappa shape index (κ2) is 8.20. The van der Waals surface area contributed by atoms with Gasteiger partial charge >= 0.3 is 7.12 Å². The van der Waals surface area contributed by atoms with Crippen molar-refractivity contribution in [3.05, 3.63) is 109 Å². The lowest BCUT2D eigenvalue weighted by atomic mass is 9.74. The molecular formula is C36H30BNO2. The van der Waals surface area contributed by atoms with Gasteiger partial charge in [-0.2, -0.15) is 0 Å². The zero-order chi connectivity index (χ0) is 27.2. The molecule has 1 aliphatic heterocycles. The number of rotatable bonds is 2. The number of hydrogen-bond donors (Lipinski definition) is 0. The van der Waals surface area contributed by atoms with E-state index in [1.807, 2.05) is 0 Å². The number of para-hydroxylation sites is 2. The molecule has 0 N–H and O–H groups in total. The van der Waals surface area contributed by atoms with Crippen molar-refractivity contribution in [1.29, 1.82) is 0 Å². The van der Waals surface area contributed by atoms with Gasteiger partial charge in [0.15, 0.2) is 0 Å². The first kappa shape index (κ1) is 23.7. The highest BCUT2D eigenvalue weighted by Gasteiger charge is 2.52. The smallest absolute Gasteiger partial charge is 0.399 e. The zero-order valence-electron chi connectivity index (χ0n) is 23.2. The Kier molecular flexibility index (Phi) is 4.87. The van der Waals surface area contributed by atoms with E-state index in [1.54, 1.807) is 0 Å². The van der Waals surface area contributed by atoms with E-state index in [1.165, 1.54) is 48.7 Å². The first-order chi connectivity index (χ1) is 19.4. The van der Waals surface area contributed by atoms with E-state index in [0.29, 0.717) is 0 Å². The third-order valence-electron chi connectivity index (χ3n) is 9.20. The largest absolute Gasteiger partial charge is 0.495 e. The van der Waals surface area contributed by atoms with Crippen LogP contribution in [-0.2, 0) is 9.31 Å². The highest BCUT2D eigenvalue weighted by atomic mass is 16.7. The predicted molar refractivity (Wildman–Crippen MR) is 169 cm³/mol. The van der Waals surface area contributed by atoms with Gasteiger partial charge < -0.3 is 13.9 Å². The summed E-state index contributed by atoms with van der Waals surface area (Å²) in [6.45, 7) is 8.47. The summed E-state index contributed by atoms with van der Waals surface area (Å²) in [6, 6.07) is 39.4. The highest BCUT2D eigenvalue weighted by Crippen LogP contribution is 2.45. The summed E-state index contributed by atoms with van der Waals surface area (Å²) in [7, 11) is -0.450. The van der Waals surface area contributed by atoms with Crippen LogP contribution >= 0.6 is 0 Å². The average Bonchev–Trinajstić information content (AvgIpc) is 3.42. The quantitative estimate of drug-likeness (QED) is 0.169. The van der Waals surface area contributed by atoms with E-state index in [0.717, 1.165) is 16.5 Å². The summed E-state index contributed by atoms with van der Waals surface area (Å²) in [6.07, 6.45) is 0. The van der Waals surface area contributed by atoms with Gasteiger partial charge in [0.25, 0.3) is 0 Å². The van der Waals surface area contributed by atoms with Crippen LogP contribution < -0.4 is 5.46 Å². The Morgan fingerprint density at radius 3 is 1.70 bits per heavy atom. The van der Waals surface area contributed by atoms with Gasteiger partial charge in [-0.3, -0.25) is 0 Å². The minimum absolute atomic E-state index is 0.417. The fraction of sp³-hybridized carbons (Fsp3) is 0.167. The van der Waals surface area contributed by atoms with Crippen LogP contribution in [0, 0.1) is 0 Å². The van der Waals surface area contributed by atoms with Gasteiger partial charge in [0.2, 0.25) is 0 Å². The molecule has 8 rings (SSSR count). The second-order valence-electron chi connectivity index (χ2n) is 12.0.